The zero-order valence-corrected chi connectivity index (χ0v) is 16.3. The maximum atomic E-state index is 8.99. The van der Waals surface area contributed by atoms with Gasteiger partial charge in [0.25, 0.3) is 0 Å². The lowest BCUT2D eigenvalue weighted by molar-refractivity contribution is 0.734. The molecule has 0 fully saturated rings. The van der Waals surface area contributed by atoms with Crippen LogP contribution in [0.1, 0.15) is 70.6 Å². The highest BCUT2D eigenvalue weighted by molar-refractivity contribution is 5.37. The molecule has 1 aromatic rings. The summed E-state index contributed by atoms with van der Waals surface area (Å²) in [6.07, 6.45) is 13.2. The van der Waals surface area contributed by atoms with Gasteiger partial charge in [-0.3, -0.25) is 0 Å². The molecule has 0 amide bonds. The highest BCUT2D eigenvalue weighted by Crippen LogP contribution is 2.16. The third-order valence-electron chi connectivity index (χ3n) is 3.65. The SMILES string of the molecule is C/C=C\C(=C/C=C(C)C)CCCCc1cc(C#N)ccc1C.CC. The Hall–Kier alpha value is -2.07. The first-order chi connectivity index (χ1) is 11.6. The van der Waals surface area contributed by atoms with E-state index in [0.717, 1.165) is 24.8 Å². The van der Waals surface area contributed by atoms with E-state index in [-0.39, 0.29) is 0 Å². The summed E-state index contributed by atoms with van der Waals surface area (Å²) in [6.45, 7) is 12.4. The molecule has 0 N–H and O–H groups in total. The van der Waals surface area contributed by atoms with Crippen molar-refractivity contribution in [2.45, 2.75) is 67.2 Å². The summed E-state index contributed by atoms with van der Waals surface area (Å²) in [6, 6.07) is 8.19. The summed E-state index contributed by atoms with van der Waals surface area (Å²) in [5.74, 6) is 0. The van der Waals surface area contributed by atoms with Crippen LogP contribution in [0.5, 0.6) is 0 Å². The predicted octanol–water partition coefficient (Wildman–Crippen LogP) is 7.07. The van der Waals surface area contributed by atoms with Crippen LogP contribution in [-0.2, 0) is 6.42 Å². The second-order valence-corrected chi connectivity index (χ2v) is 5.95. The Morgan fingerprint density at radius 2 is 1.83 bits per heavy atom. The summed E-state index contributed by atoms with van der Waals surface area (Å²) in [4.78, 5) is 0. The van der Waals surface area contributed by atoms with Crippen LogP contribution < -0.4 is 0 Å². The molecule has 0 aliphatic carbocycles. The number of allylic oxidation sites excluding steroid dienone is 6. The third-order valence-corrected chi connectivity index (χ3v) is 3.65. The van der Waals surface area contributed by atoms with Crippen LogP contribution in [0.4, 0.5) is 0 Å². The van der Waals surface area contributed by atoms with Gasteiger partial charge in [-0.15, -0.1) is 0 Å². The molecule has 0 radical (unpaired) electrons. The van der Waals surface area contributed by atoms with Crippen LogP contribution >= 0.6 is 0 Å². The molecule has 1 nitrogen and oxygen atoms in total. The quantitative estimate of drug-likeness (QED) is 0.388. The number of aryl methyl sites for hydroxylation is 2. The topological polar surface area (TPSA) is 23.8 Å². The molecule has 1 heteroatoms. The van der Waals surface area contributed by atoms with Crippen molar-refractivity contribution in [3.05, 3.63) is 70.3 Å². The number of nitriles is 1. The van der Waals surface area contributed by atoms with E-state index in [2.05, 4.69) is 58.1 Å². The molecular weight excluding hydrogens is 290 g/mol. The lowest BCUT2D eigenvalue weighted by Gasteiger charge is -2.07. The molecule has 0 spiro atoms. The monoisotopic (exact) mass is 323 g/mol. The second-order valence-electron chi connectivity index (χ2n) is 5.95. The van der Waals surface area contributed by atoms with Gasteiger partial charge in [0, 0.05) is 0 Å². The maximum absolute atomic E-state index is 8.99. The molecule has 0 heterocycles. The third kappa shape index (κ3) is 9.16. The summed E-state index contributed by atoms with van der Waals surface area (Å²) < 4.78 is 0. The van der Waals surface area contributed by atoms with Crippen molar-refractivity contribution < 1.29 is 0 Å². The minimum Gasteiger partial charge on any atom is -0.192 e. The minimum atomic E-state index is 0.763. The van der Waals surface area contributed by atoms with E-state index in [1.807, 2.05) is 32.0 Å². The average Bonchev–Trinajstić information content (AvgIpc) is 2.59. The number of benzene rings is 1. The first kappa shape index (κ1) is 21.9. The van der Waals surface area contributed by atoms with E-state index < -0.39 is 0 Å². The molecule has 0 saturated heterocycles. The van der Waals surface area contributed by atoms with Crippen molar-refractivity contribution >= 4 is 0 Å². The molecule has 0 aromatic heterocycles. The lowest BCUT2D eigenvalue weighted by Crippen LogP contribution is -1.92. The Morgan fingerprint density at radius 3 is 2.42 bits per heavy atom. The first-order valence-corrected chi connectivity index (χ1v) is 9.03. The molecule has 0 aliphatic rings. The van der Waals surface area contributed by atoms with Gasteiger partial charge < -0.3 is 0 Å². The fourth-order valence-corrected chi connectivity index (χ4v) is 2.36. The molecule has 0 unspecified atom stereocenters. The van der Waals surface area contributed by atoms with Crippen molar-refractivity contribution in [1.29, 1.82) is 5.26 Å². The van der Waals surface area contributed by atoms with E-state index in [9.17, 15) is 0 Å². The molecule has 0 aliphatic heterocycles. The van der Waals surface area contributed by atoms with Crippen molar-refractivity contribution in [3.63, 3.8) is 0 Å². The van der Waals surface area contributed by atoms with E-state index in [4.69, 9.17) is 5.26 Å². The molecule has 24 heavy (non-hydrogen) atoms. The smallest absolute Gasteiger partial charge is 0.0991 e. The Balaban J connectivity index is 0.00000254. The Bertz CT molecular complexity index is 605. The van der Waals surface area contributed by atoms with E-state index in [1.165, 1.54) is 28.7 Å². The number of hydrogen-bond donors (Lipinski definition) is 0. The van der Waals surface area contributed by atoms with Crippen LogP contribution in [0.25, 0.3) is 0 Å². The van der Waals surface area contributed by atoms with Gasteiger partial charge in [-0.25, -0.2) is 0 Å². The molecular formula is C23H33N. The second kappa shape index (κ2) is 13.4. The maximum Gasteiger partial charge on any atom is 0.0991 e. The predicted molar refractivity (Wildman–Crippen MR) is 107 cm³/mol. The Labute approximate surface area is 149 Å². The van der Waals surface area contributed by atoms with Crippen LogP contribution in [0.2, 0.25) is 0 Å². The van der Waals surface area contributed by atoms with Gasteiger partial charge in [0.05, 0.1) is 11.6 Å². The van der Waals surface area contributed by atoms with Crippen LogP contribution in [0.15, 0.2) is 53.6 Å². The van der Waals surface area contributed by atoms with Crippen molar-refractivity contribution in [2.24, 2.45) is 0 Å². The number of rotatable bonds is 7. The minimum absolute atomic E-state index is 0.763. The summed E-state index contributed by atoms with van der Waals surface area (Å²) >= 11 is 0. The number of unbranched alkanes of at least 4 members (excludes halogenated alkanes) is 1. The molecule has 1 aromatic carbocycles. The highest BCUT2D eigenvalue weighted by Gasteiger charge is 2.01. The van der Waals surface area contributed by atoms with Gasteiger partial charge in [0.15, 0.2) is 0 Å². The van der Waals surface area contributed by atoms with Gasteiger partial charge in [-0.05, 0) is 82.2 Å². The van der Waals surface area contributed by atoms with Crippen LogP contribution in [-0.4, -0.2) is 0 Å². The van der Waals surface area contributed by atoms with Gasteiger partial charge >= 0.3 is 0 Å². The fourth-order valence-electron chi connectivity index (χ4n) is 2.36. The van der Waals surface area contributed by atoms with E-state index in [1.54, 1.807) is 0 Å². The molecule has 0 bridgehead atoms. The van der Waals surface area contributed by atoms with Crippen molar-refractivity contribution in [3.8, 4) is 6.07 Å². The standard InChI is InChI=1S/C21H27N.C2H6/c1-5-8-19(13-11-17(2)3)9-6-7-10-21-15-20(16-22)14-12-18(21)4;1-2/h5,8,11-15H,6-7,9-10H2,1-4H3;1-2H3/b8-5-,19-13+;. The van der Waals surface area contributed by atoms with Crippen LogP contribution in [0, 0.1) is 18.3 Å². The van der Waals surface area contributed by atoms with E-state index in [0.29, 0.717) is 0 Å². The average molecular weight is 324 g/mol. The number of nitrogens with zero attached hydrogens (tertiary/aromatic N) is 1. The summed E-state index contributed by atoms with van der Waals surface area (Å²) in [5.41, 5.74) is 6.06. The normalized spacial score (nSPS) is 10.8. The first-order valence-electron chi connectivity index (χ1n) is 9.03. The largest absolute Gasteiger partial charge is 0.192 e. The zero-order chi connectivity index (χ0) is 18.4. The van der Waals surface area contributed by atoms with Crippen LogP contribution in [0.3, 0.4) is 0 Å². The molecule has 130 valence electrons. The summed E-state index contributed by atoms with van der Waals surface area (Å²) in [7, 11) is 0. The van der Waals surface area contributed by atoms with Gasteiger partial charge in [0.2, 0.25) is 0 Å². The van der Waals surface area contributed by atoms with Gasteiger partial charge in [-0.1, -0.05) is 49.8 Å². The van der Waals surface area contributed by atoms with E-state index >= 15 is 0 Å². The highest BCUT2D eigenvalue weighted by atomic mass is 14.2. The van der Waals surface area contributed by atoms with Gasteiger partial charge in [-0.2, -0.15) is 5.26 Å². The van der Waals surface area contributed by atoms with Gasteiger partial charge in [0.1, 0.15) is 0 Å². The zero-order valence-electron chi connectivity index (χ0n) is 16.3. The Kier molecular flexibility index (Phi) is 12.2. The fraction of sp³-hybridized carbons (Fsp3) is 0.435. The summed E-state index contributed by atoms with van der Waals surface area (Å²) in [5, 5.41) is 8.99. The molecule has 1 rings (SSSR count). The number of hydrogen-bond acceptors (Lipinski definition) is 1. The Morgan fingerprint density at radius 1 is 1.12 bits per heavy atom. The van der Waals surface area contributed by atoms with Crippen molar-refractivity contribution in [1.82, 2.24) is 0 Å². The molecule has 0 saturated carbocycles. The molecule has 0 atom stereocenters. The van der Waals surface area contributed by atoms with Crippen molar-refractivity contribution in [2.75, 3.05) is 0 Å². The lowest BCUT2D eigenvalue weighted by atomic mass is 9.98.